The molecule has 246 valence electrons. The molecule has 4 aromatic rings. The van der Waals surface area contributed by atoms with Crippen molar-refractivity contribution in [3.8, 4) is 23.0 Å². The third-order valence-electron chi connectivity index (χ3n) is 7.53. The first-order valence-electron chi connectivity index (χ1n) is 16.4. The van der Waals surface area contributed by atoms with E-state index in [2.05, 4.69) is 6.92 Å². The molecule has 0 spiro atoms. The van der Waals surface area contributed by atoms with Gasteiger partial charge in [-0.2, -0.15) is 0 Å². The van der Waals surface area contributed by atoms with E-state index in [1.807, 2.05) is 0 Å². The quantitative estimate of drug-likeness (QED) is 0.0497. The lowest BCUT2D eigenvalue weighted by Crippen LogP contribution is -2.11. The van der Waals surface area contributed by atoms with Gasteiger partial charge >= 0.3 is 17.9 Å². The van der Waals surface area contributed by atoms with Crippen LogP contribution < -0.4 is 24.7 Å². The minimum atomic E-state index is -0.627. The van der Waals surface area contributed by atoms with Gasteiger partial charge in [-0.15, -0.1) is 0 Å². The summed E-state index contributed by atoms with van der Waals surface area (Å²) in [6.07, 6.45) is 12.7. The van der Waals surface area contributed by atoms with Gasteiger partial charge in [0.15, 0.2) is 0 Å². The maximum absolute atomic E-state index is 12.7. The van der Waals surface area contributed by atoms with Crippen LogP contribution in [0.15, 0.2) is 97.1 Å². The van der Waals surface area contributed by atoms with Gasteiger partial charge in [-0.25, -0.2) is 14.4 Å². The molecule has 2 N–H and O–H groups in total. The molecule has 0 unspecified atom stereocenters. The molecule has 0 aliphatic carbocycles. The molecule has 0 amide bonds. The Morgan fingerprint density at radius 2 is 0.894 bits per heavy atom. The van der Waals surface area contributed by atoms with Crippen molar-refractivity contribution in [2.45, 2.75) is 71.1 Å². The molecular formula is C39H43NO7. The van der Waals surface area contributed by atoms with Gasteiger partial charge in [0.2, 0.25) is 0 Å². The number of carbonyl (C=O) groups is 3. The second kappa shape index (κ2) is 18.8. The van der Waals surface area contributed by atoms with Crippen molar-refractivity contribution in [3.05, 3.63) is 114 Å². The Bertz CT molecular complexity index is 1560. The standard InChI is InChI=1S/C39H43NO7/c1-2-3-4-5-6-7-8-9-10-11-27-44-33-23-17-30(18-24-33)37(41)45-34-25-19-31(20-26-34)39(43)47-36-14-12-13-35(28-36)46-38(42)29-15-21-32(40)22-16-29/h12-26,28H,2-11,27,40H2,1H3. The van der Waals surface area contributed by atoms with Gasteiger partial charge in [-0.1, -0.05) is 70.8 Å². The number of benzene rings is 4. The highest BCUT2D eigenvalue weighted by Crippen LogP contribution is 2.23. The van der Waals surface area contributed by atoms with Crippen LogP contribution in [0.3, 0.4) is 0 Å². The number of hydrogen-bond acceptors (Lipinski definition) is 8. The van der Waals surface area contributed by atoms with Crippen molar-refractivity contribution in [1.29, 1.82) is 0 Å². The second-order valence-electron chi connectivity index (χ2n) is 11.3. The van der Waals surface area contributed by atoms with E-state index in [0.29, 0.717) is 29.2 Å². The van der Waals surface area contributed by atoms with E-state index in [-0.39, 0.29) is 22.8 Å². The molecule has 4 aromatic carbocycles. The topological polar surface area (TPSA) is 114 Å². The predicted molar refractivity (Wildman–Crippen MR) is 182 cm³/mol. The second-order valence-corrected chi connectivity index (χ2v) is 11.3. The number of unbranched alkanes of at least 4 members (excludes halogenated alkanes) is 9. The predicted octanol–water partition coefficient (Wildman–Crippen LogP) is 9.23. The summed E-state index contributed by atoms with van der Waals surface area (Å²) in [4.78, 5) is 37.8. The summed E-state index contributed by atoms with van der Waals surface area (Å²) in [5, 5.41) is 0. The van der Waals surface area contributed by atoms with Crippen LogP contribution >= 0.6 is 0 Å². The Kier molecular flexibility index (Phi) is 13.9. The van der Waals surface area contributed by atoms with Gasteiger partial charge < -0.3 is 24.7 Å². The summed E-state index contributed by atoms with van der Waals surface area (Å²) in [7, 11) is 0. The molecule has 4 rings (SSSR count). The molecule has 8 heteroatoms. The van der Waals surface area contributed by atoms with E-state index >= 15 is 0 Å². The number of anilines is 1. The van der Waals surface area contributed by atoms with Crippen LogP contribution in [0.5, 0.6) is 23.0 Å². The zero-order valence-electron chi connectivity index (χ0n) is 27.0. The zero-order valence-corrected chi connectivity index (χ0v) is 27.0. The molecule has 0 atom stereocenters. The average molecular weight is 638 g/mol. The van der Waals surface area contributed by atoms with E-state index in [0.717, 1.165) is 12.8 Å². The number of carbonyl (C=O) groups excluding carboxylic acids is 3. The fraction of sp³-hybridized carbons (Fsp3) is 0.308. The Balaban J connectivity index is 1.17. The molecule has 47 heavy (non-hydrogen) atoms. The highest BCUT2D eigenvalue weighted by atomic mass is 16.5. The Morgan fingerprint density at radius 1 is 0.489 bits per heavy atom. The molecule has 0 aliphatic heterocycles. The SMILES string of the molecule is CCCCCCCCCCCCOc1ccc(C(=O)Oc2ccc(C(=O)Oc3cccc(OC(=O)c4ccc(N)cc4)c3)cc2)cc1. The maximum atomic E-state index is 12.7. The highest BCUT2D eigenvalue weighted by Gasteiger charge is 2.14. The lowest BCUT2D eigenvalue weighted by atomic mass is 10.1. The van der Waals surface area contributed by atoms with Crippen LogP contribution in [0.1, 0.15) is 102 Å². The minimum absolute atomic E-state index is 0.198. The normalized spacial score (nSPS) is 10.7. The average Bonchev–Trinajstić information content (AvgIpc) is 3.08. The summed E-state index contributed by atoms with van der Waals surface area (Å²) >= 11 is 0. The molecule has 0 saturated heterocycles. The first-order chi connectivity index (χ1) is 22.9. The molecule has 0 radical (unpaired) electrons. The maximum Gasteiger partial charge on any atom is 0.343 e. The smallest absolute Gasteiger partial charge is 0.343 e. The minimum Gasteiger partial charge on any atom is -0.494 e. The number of rotatable bonds is 18. The van der Waals surface area contributed by atoms with Gasteiger partial charge in [-0.05, 0) is 91.3 Å². The van der Waals surface area contributed by atoms with E-state index in [9.17, 15) is 14.4 Å². The highest BCUT2D eigenvalue weighted by molar-refractivity contribution is 5.93. The molecule has 8 nitrogen and oxygen atoms in total. The van der Waals surface area contributed by atoms with Crippen molar-refractivity contribution in [3.63, 3.8) is 0 Å². The number of hydrogen-bond donors (Lipinski definition) is 1. The number of ether oxygens (including phenoxy) is 4. The van der Waals surface area contributed by atoms with Crippen LogP contribution in [0.4, 0.5) is 5.69 Å². The van der Waals surface area contributed by atoms with E-state index in [4.69, 9.17) is 24.7 Å². The van der Waals surface area contributed by atoms with Gasteiger partial charge in [0.1, 0.15) is 23.0 Å². The summed E-state index contributed by atoms with van der Waals surface area (Å²) in [6.45, 7) is 2.90. The Morgan fingerprint density at radius 3 is 1.38 bits per heavy atom. The monoisotopic (exact) mass is 637 g/mol. The summed E-state index contributed by atoms with van der Waals surface area (Å²) in [6, 6.07) is 25.4. The molecule has 0 heterocycles. The van der Waals surface area contributed by atoms with Crippen LogP contribution in [0.2, 0.25) is 0 Å². The third-order valence-corrected chi connectivity index (χ3v) is 7.53. The number of nitrogens with two attached hydrogens (primary N) is 1. The molecule has 0 saturated carbocycles. The fourth-order valence-corrected chi connectivity index (χ4v) is 4.84. The number of nitrogen functional groups attached to an aromatic ring is 1. The molecule has 0 fully saturated rings. The van der Waals surface area contributed by atoms with Crippen LogP contribution in [0, 0.1) is 0 Å². The van der Waals surface area contributed by atoms with Gasteiger partial charge in [0.25, 0.3) is 0 Å². The van der Waals surface area contributed by atoms with Gasteiger partial charge in [0.05, 0.1) is 23.3 Å². The van der Waals surface area contributed by atoms with Crippen molar-refractivity contribution in [1.82, 2.24) is 0 Å². The van der Waals surface area contributed by atoms with Crippen molar-refractivity contribution in [2.75, 3.05) is 12.3 Å². The first-order valence-corrected chi connectivity index (χ1v) is 16.4. The van der Waals surface area contributed by atoms with E-state index < -0.39 is 17.9 Å². The molecule has 0 aromatic heterocycles. The van der Waals surface area contributed by atoms with Crippen LogP contribution in [0.25, 0.3) is 0 Å². The Labute approximate surface area is 276 Å². The Hall–Kier alpha value is -5.11. The zero-order chi connectivity index (χ0) is 33.3. The molecule has 0 aliphatic rings. The van der Waals surface area contributed by atoms with Gasteiger partial charge in [-0.3, -0.25) is 0 Å². The molecule has 0 bridgehead atoms. The van der Waals surface area contributed by atoms with Crippen molar-refractivity contribution >= 4 is 23.6 Å². The van der Waals surface area contributed by atoms with Crippen LogP contribution in [-0.2, 0) is 0 Å². The lowest BCUT2D eigenvalue weighted by molar-refractivity contribution is 0.0723. The van der Waals surface area contributed by atoms with E-state index in [1.54, 1.807) is 66.7 Å². The largest absolute Gasteiger partial charge is 0.494 e. The third kappa shape index (κ3) is 12.0. The molecular weight excluding hydrogens is 594 g/mol. The summed E-state index contributed by atoms with van der Waals surface area (Å²) < 4.78 is 22.1. The number of esters is 3. The van der Waals surface area contributed by atoms with Crippen molar-refractivity contribution < 1.29 is 33.3 Å². The summed E-state index contributed by atoms with van der Waals surface area (Å²) in [5.74, 6) is -0.306. The van der Waals surface area contributed by atoms with Gasteiger partial charge in [0, 0.05) is 11.8 Å². The van der Waals surface area contributed by atoms with Crippen molar-refractivity contribution in [2.24, 2.45) is 0 Å². The first kappa shape index (κ1) is 34.8. The lowest BCUT2D eigenvalue weighted by Gasteiger charge is -2.09. The van der Waals surface area contributed by atoms with E-state index in [1.165, 1.54) is 81.7 Å². The van der Waals surface area contributed by atoms with Crippen LogP contribution in [-0.4, -0.2) is 24.5 Å². The summed E-state index contributed by atoms with van der Waals surface area (Å²) in [5.41, 5.74) is 7.17. The fourth-order valence-electron chi connectivity index (χ4n) is 4.84.